The summed E-state index contributed by atoms with van der Waals surface area (Å²) in [5, 5.41) is 21.6. The number of likely N-dealkylation sites (tertiary alicyclic amines) is 1. The highest BCUT2D eigenvalue weighted by atomic mass is 19.1. The number of aliphatic hydroxyl groups is 1. The minimum Gasteiger partial charge on any atom is -0.497 e. The molecule has 6 nitrogen and oxygen atoms in total. The fourth-order valence-corrected chi connectivity index (χ4v) is 4.74. The van der Waals surface area contributed by atoms with Crippen LogP contribution in [-0.4, -0.2) is 52.8 Å². The maximum Gasteiger partial charge on any atom is 0.308 e. The predicted octanol–water partition coefficient (Wildman–Crippen LogP) is 4.27. The van der Waals surface area contributed by atoms with E-state index in [4.69, 9.17) is 4.74 Å². The van der Waals surface area contributed by atoms with E-state index in [0.717, 1.165) is 16.5 Å². The first-order valence-corrected chi connectivity index (χ1v) is 11.8. The van der Waals surface area contributed by atoms with Crippen molar-refractivity contribution in [3.8, 4) is 17.6 Å². The molecule has 1 aliphatic heterocycles. The number of halogens is 1. The van der Waals surface area contributed by atoms with Crippen molar-refractivity contribution < 1.29 is 24.1 Å². The Morgan fingerprint density at radius 3 is 2.89 bits per heavy atom. The van der Waals surface area contributed by atoms with Gasteiger partial charge in [0, 0.05) is 18.1 Å². The standard InChI is InChI=1S/C28H29FN2O4/c1-35-21-9-10-26-23(17-21)22(12-14-30-26)27(32)11-8-19-13-16-31(18-24(19)28(33)34)15-4-6-20-5-2-3-7-25(20)29/h2-3,5,7,9-10,12,14,17,19,24,27,32H,8,11,13,15-16,18H2,1H3,(H,33,34)/t19-,24+,27?/m1/s1. The van der Waals surface area contributed by atoms with E-state index in [1.54, 1.807) is 37.6 Å². The number of carboxylic acid groups (broad SMARTS) is 1. The fraction of sp³-hybridized carbons (Fsp3) is 0.357. The second-order valence-electron chi connectivity index (χ2n) is 8.89. The highest BCUT2D eigenvalue weighted by Crippen LogP contribution is 2.33. The van der Waals surface area contributed by atoms with Crippen molar-refractivity contribution in [1.82, 2.24) is 9.88 Å². The summed E-state index contributed by atoms with van der Waals surface area (Å²) in [5.41, 5.74) is 1.88. The zero-order chi connectivity index (χ0) is 24.8. The van der Waals surface area contributed by atoms with Gasteiger partial charge in [-0.15, -0.1) is 0 Å². The lowest BCUT2D eigenvalue weighted by atomic mass is 9.81. The Morgan fingerprint density at radius 1 is 1.29 bits per heavy atom. The summed E-state index contributed by atoms with van der Waals surface area (Å²) in [7, 11) is 1.59. The number of piperidine rings is 1. The van der Waals surface area contributed by atoms with Gasteiger partial charge in [0.15, 0.2) is 0 Å². The average molecular weight is 477 g/mol. The average Bonchev–Trinajstić information content (AvgIpc) is 2.88. The molecule has 3 aromatic rings. The van der Waals surface area contributed by atoms with Gasteiger partial charge >= 0.3 is 5.97 Å². The summed E-state index contributed by atoms with van der Waals surface area (Å²) in [5.74, 6) is 4.72. The molecule has 182 valence electrons. The van der Waals surface area contributed by atoms with E-state index in [1.165, 1.54) is 6.07 Å². The molecule has 0 amide bonds. The first-order valence-electron chi connectivity index (χ1n) is 11.8. The molecule has 1 unspecified atom stereocenters. The zero-order valence-electron chi connectivity index (χ0n) is 19.7. The van der Waals surface area contributed by atoms with Crippen molar-refractivity contribution in [1.29, 1.82) is 0 Å². The monoisotopic (exact) mass is 476 g/mol. The van der Waals surface area contributed by atoms with Crippen molar-refractivity contribution >= 4 is 16.9 Å². The first-order chi connectivity index (χ1) is 17.0. The van der Waals surface area contributed by atoms with Crippen LogP contribution in [0.3, 0.4) is 0 Å². The summed E-state index contributed by atoms with van der Waals surface area (Å²) in [4.78, 5) is 18.4. The Labute approximate surface area is 204 Å². The molecule has 0 bridgehead atoms. The molecule has 1 fully saturated rings. The van der Waals surface area contributed by atoms with Crippen LogP contribution in [0.25, 0.3) is 10.9 Å². The third kappa shape index (κ3) is 5.97. The molecule has 0 saturated carbocycles. The molecule has 1 aliphatic rings. The van der Waals surface area contributed by atoms with E-state index in [0.29, 0.717) is 50.2 Å². The van der Waals surface area contributed by atoms with E-state index >= 15 is 0 Å². The molecule has 0 spiro atoms. The predicted molar refractivity (Wildman–Crippen MR) is 131 cm³/mol. The van der Waals surface area contributed by atoms with Crippen LogP contribution in [0.2, 0.25) is 0 Å². The van der Waals surface area contributed by atoms with Gasteiger partial charge in [0.05, 0.1) is 36.8 Å². The third-order valence-corrected chi connectivity index (χ3v) is 6.71. The van der Waals surface area contributed by atoms with Crippen LogP contribution in [0.4, 0.5) is 4.39 Å². The van der Waals surface area contributed by atoms with Gasteiger partial charge in [0.2, 0.25) is 0 Å². The van der Waals surface area contributed by atoms with Crippen LogP contribution < -0.4 is 4.74 Å². The van der Waals surface area contributed by atoms with Crippen molar-refractivity contribution in [2.45, 2.75) is 25.4 Å². The Morgan fingerprint density at radius 2 is 2.11 bits per heavy atom. The fourth-order valence-electron chi connectivity index (χ4n) is 4.74. The molecule has 4 rings (SSSR count). The van der Waals surface area contributed by atoms with Gasteiger partial charge in [-0.2, -0.15) is 0 Å². The Balaban J connectivity index is 1.38. The summed E-state index contributed by atoms with van der Waals surface area (Å²) in [6.45, 7) is 1.49. The summed E-state index contributed by atoms with van der Waals surface area (Å²) in [6, 6.07) is 13.7. The molecule has 2 N–H and O–H groups in total. The Bertz CT molecular complexity index is 1250. The summed E-state index contributed by atoms with van der Waals surface area (Å²) in [6.07, 6.45) is 2.70. The van der Waals surface area contributed by atoms with Gasteiger partial charge in [-0.05, 0) is 73.7 Å². The van der Waals surface area contributed by atoms with E-state index in [1.807, 2.05) is 23.1 Å². The van der Waals surface area contributed by atoms with Crippen molar-refractivity contribution in [2.75, 3.05) is 26.7 Å². The highest BCUT2D eigenvalue weighted by molar-refractivity contribution is 5.83. The molecule has 7 heteroatoms. The smallest absolute Gasteiger partial charge is 0.308 e. The number of aliphatic hydroxyl groups excluding tert-OH is 1. The summed E-state index contributed by atoms with van der Waals surface area (Å²) < 4.78 is 19.1. The normalized spacial score (nSPS) is 19.1. The van der Waals surface area contributed by atoms with Gasteiger partial charge in [0.1, 0.15) is 11.6 Å². The number of rotatable bonds is 7. The van der Waals surface area contributed by atoms with Crippen LogP contribution in [-0.2, 0) is 4.79 Å². The quantitative estimate of drug-likeness (QED) is 0.496. The van der Waals surface area contributed by atoms with Crippen LogP contribution in [0.5, 0.6) is 5.75 Å². The van der Waals surface area contributed by atoms with Crippen molar-refractivity contribution in [3.63, 3.8) is 0 Å². The first kappa shape index (κ1) is 24.6. The van der Waals surface area contributed by atoms with Gasteiger partial charge < -0.3 is 14.9 Å². The lowest BCUT2D eigenvalue weighted by Crippen LogP contribution is -2.44. The van der Waals surface area contributed by atoms with E-state index in [2.05, 4.69) is 16.8 Å². The number of hydrogen-bond donors (Lipinski definition) is 2. The number of carbonyl (C=O) groups is 1. The minimum absolute atomic E-state index is 0.0411. The van der Waals surface area contributed by atoms with Gasteiger partial charge in [-0.25, -0.2) is 4.39 Å². The number of ether oxygens (including phenoxy) is 1. The lowest BCUT2D eigenvalue weighted by Gasteiger charge is -2.36. The molecule has 3 atom stereocenters. The van der Waals surface area contributed by atoms with Crippen LogP contribution in [0.1, 0.15) is 36.5 Å². The Kier molecular flexibility index (Phi) is 7.96. The highest BCUT2D eigenvalue weighted by Gasteiger charge is 2.34. The molecule has 2 aromatic carbocycles. The molecule has 0 aliphatic carbocycles. The largest absolute Gasteiger partial charge is 0.497 e. The minimum atomic E-state index is -0.838. The van der Waals surface area contributed by atoms with Crippen molar-refractivity contribution in [3.05, 3.63) is 71.7 Å². The molecular formula is C28H29FN2O4. The third-order valence-electron chi connectivity index (χ3n) is 6.71. The van der Waals surface area contributed by atoms with E-state index in [9.17, 15) is 19.4 Å². The SMILES string of the molecule is COc1ccc2nccc(C(O)CC[C@@H]3CCN(CC#Cc4ccccc4F)C[C@@H]3C(=O)O)c2c1. The molecule has 2 heterocycles. The van der Waals surface area contributed by atoms with Crippen LogP contribution >= 0.6 is 0 Å². The maximum absolute atomic E-state index is 13.7. The maximum atomic E-state index is 13.7. The number of benzene rings is 2. The number of nitrogens with zero attached hydrogens (tertiary/aromatic N) is 2. The van der Waals surface area contributed by atoms with Gasteiger partial charge in [0.25, 0.3) is 0 Å². The summed E-state index contributed by atoms with van der Waals surface area (Å²) >= 11 is 0. The lowest BCUT2D eigenvalue weighted by molar-refractivity contribution is -0.146. The number of pyridine rings is 1. The molecular weight excluding hydrogens is 447 g/mol. The second kappa shape index (κ2) is 11.3. The molecule has 35 heavy (non-hydrogen) atoms. The van der Waals surface area contributed by atoms with E-state index in [-0.39, 0.29) is 11.7 Å². The number of aromatic nitrogens is 1. The number of fused-ring (bicyclic) bond motifs is 1. The molecule has 1 aromatic heterocycles. The second-order valence-corrected chi connectivity index (χ2v) is 8.89. The van der Waals surface area contributed by atoms with Gasteiger partial charge in [-0.1, -0.05) is 24.0 Å². The number of carboxylic acids is 1. The Hall–Kier alpha value is -3.47. The van der Waals surface area contributed by atoms with Crippen molar-refractivity contribution in [2.24, 2.45) is 11.8 Å². The van der Waals surface area contributed by atoms with Crippen LogP contribution in [0.15, 0.2) is 54.7 Å². The molecule has 1 saturated heterocycles. The van der Waals surface area contributed by atoms with Gasteiger partial charge in [-0.3, -0.25) is 14.7 Å². The van der Waals surface area contributed by atoms with Crippen LogP contribution in [0, 0.1) is 29.5 Å². The number of hydrogen-bond acceptors (Lipinski definition) is 5. The number of aliphatic carboxylic acids is 1. The van der Waals surface area contributed by atoms with E-state index < -0.39 is 18.0 Å². The topological polar surface area (TPSA) is 82.9 Å². The molecule has 0 radical (unpaired) electrons. The number of methoxy groups -OCH3 is 1. The zero-order valence-corrected chi connectivity index (χ0v) is 19.7.